The fourth-order valence-electron chi connectivity index (χ4n) is 3.85. The van der Waals surface area contributed by atoms with Gasteiger partial charge in [0, 0.05) is 25.3 Å². The summed E-state index contributed by atoms with van der Waals surface area (Å²) in [4.78, 5) is 27.9. The Hall–Kier alpha value is -3.12. The molecule has 0 unspecified atom stereocenters. The van der Waals surface area contributed by atoms with Crippen LogP contribution >= 0.6 is 0 Å². The lowest BCUT2D eigenvalue weighted by Crippen LogP contribution is -2.41. The van der Waals surface area contributed by atoms with Crippen molar-refractivity contribution in [2.24, 2.45) is 0 Å². The van der Waals surface area contributed by atoms with Gasteiger partial charge in [0.1, 0.15) is 6.54 Å². The van der Waals surface area contributed by atoms with Crippen molar-refractivity contribution in [3.05, 3.63) is 58.6 Å². The number of aliphatic carboxylic acids is 1. The second kappa shape index (κ2) is 7.85. The summed E-state index contributed by atoms with van der Waals surface area (Å²) in [6.45, 7) is -0.412. The van der Waals surface area contributed by atoms with Crippen molar-refractivity contribution < 1.29 is 27.1 Å². The van der Waals surface area contributed by atoms with Gasteiger partial charge in [-0.15, -0.1) is 0 Å². The molecule has 1 aliphatic rings. The summed E-state index contributed by atoms with van der Waals surface area (Å²) < 4.78 is 55.9. The largest absolute Gasteiger partial charge is 0.480 e. The summed E-state index contributed by atoms with van der Waals surface area (Å²) in [5.41, 5.74) is 0.181. The molecule has 0 radical (unpaired) electrons. The van der Waals surface area contributed by atoms with Gasteiger partial charge in [0.15, 0.2) is 17.3 Å². The van der Waals surface area contributed by atoms with Gasteiger partial charge in [0.2, 0.25) is 10.0 Å². The normalized spacial score (nSPS) is 16.1. The zero-order valence-electron chi connectivity index (χ0n) is 16.1. The number of pyridine rings is 1. The first kappa shape index (κ1) is 21.1. The number of carboxylic acid groups (broad SMARTS) is 1. The standard InChI is InChI=1S/C19H18F2N4O5S/c20-14-4-3-13(10-15(14)21)31(29,30)23-8-5-12(6-9-23)25-18-16(2-1-7-22-18)24(19(25)28)11-17(26)27/h1-4,7,10,12H,5-6,8-9,11H2,(H,26,27). The molecule has 1 saturated heterocycles. The van der Waals surface area contributed by atoms with Crippen LogP contribution in [0.15, 0.2) is 46.2 Å². The molecular formula is C19H18F2N4O5S. The molecule has 0 amide bonds. The van der Waals surface area contributed by atoms with Gasteiger partial charge < -0.3 is 5.11 Å². The molecule has 31 heavy (non-hydrogen) atoms. The van der Waals surface area contributed by atoms with Crippen molar-refractivity contribution >= 4 is 27.2 Å². The number of halogens is 2. The smallest absolute Gasteiger partial charge is 0.331 e. The Morgan fingerprint density at radius 2 is 1.87 bits per heavy atom. The Labute approximate surface area is 175 Å². The average molecular weight is 452 g/mol. The summed E-state index contributed by atoms with van der Waals surface area (Å²) >= 11 is 0. The second-order valence-electron chi connectivity index (χ2n) is 7.19. The van der Waals surface area contributed by atoms with Crippen molar-refractivity contribution in [1.29, 1.82) is 0 Å². The fourth-order valence-corrected chi connectivity index (χ4v) is 5.33. The molecule has 12 heteroatoms. The van der Waals surface area contributed by atoms with Gasteiger partial charge in [0.25, 0.3) is 0 Å². The summed E-state index contributed by atoms with van der Waals surface area (Å²) in [7, 11) is -4.03. The molecular weight excluding hydrogens is 434 g/mol. The van der Waals surface area contributed by atoms with Crippen LogP contribution in [-0.4, -0.2) is 51.0 Å². The number of hydrogen-bond donors (Lipinski definition) is 1. The minimum Gasteiger partial charge on any atom is -0.480 e. The first-order chi connectivity index (χ1) is 14.7. The van der Waals surface area contributed by atoms with Crippen LogP contribution in [-0.2, 0) is 21.4 Å². The van der Waals surface area contributed by atoms with E-state index in [9.17, 15) is 26.8 Å². The predicted molar refractivity (Wildman–Crippen MR) is 105 cm³/mol. The Morgan fingerprint density at radius 1 is 1.16 bits per heavy atom. The molecule has 4 rings (SSSR count). The van der Waals surface area contributed by atoms with E-state index in [0.29, 0.717) is 17.2 Å². The number of hydrogen-bond acceptors (Lipinski definition) is 5. The quantitative estimate of drug-likeness (QED) is 0.629. The monoisotopic (exact) mass is 452 g/mol. The number of nitrogens with zero attached hydrogens (tertiary/aromatic N) is 4. The van der Waals surface area contributed by atoms with E-state index in [1.807, 2.05) is 0 Å². The van der Waals surface area contributed by atoms with Gasteiger partial charge in [-0.25, -0.2) is 27.0 Å². The maximum Gasteiger partial charge on any atom is 0.331 e. The van der Waals surface area contributed by atoms with Crippen LogP contribution in [0.2, 0.25) is 0 Å². The van der Waals surface area contributed by atoms with Crippen LogP contribution in [0.1, 0.15) is 18.9 Å². The summed E-state index contributed by atoms with van der Waals surface area (Å²) in [6, 6.07) is 5.22. The molecule has 0 spiro atoms. The molecule has 164 valence electrons. The molecule has 2 aromatic heterocycles. The minimum absolute atomic E-state index is 0.0525. The molecule has 3 heterocycles. The van der Waals surface area contributed by atoms with Crippen molar-refractivity contribution in [2.45, 2.75) is 30.3 Å². The van der Waals surface area contributed by atoms with Crippen LogP contribution in [0.25, 0.3) is 11.2 Å². The van der Waals surface area contributed by atoms with Crippen LogP contribution in [0.3, 0.4) is 0 Å². The SMILES string of the molecule is O=C(O)Cn1c(=O)n(C2CCN(S(=O)(=O)c3ccc(F)c(F)c3)CC2)c2ncccc21. The van der Waals surface area contributed by atoms with Crippen molar-refractivity contribution in [3.8, 4) is 0 Å². The van der Waals surface area contributed by atoms with Crippen LogP contribution in [0.5, 0.6) is 0 Å². The van der Waals surface area contributed by atoms with Gasteiger partial charge in [-0.2, -0.15) is 4.31 Å². The number of rotatable bonds is 5. The number of sulfonamides is 1. The van der Waals surface area contributed by atoms with E-state index >= 15 is 0 Å². The number of benzene rings is 1. The average Bonchev–Trinajstić information content (AvgIpc) is 3.01. The van der Waals surface area contributed by atoms with Crippen LogP contribution in [0, 0.1) is 11.6 Å². The summed E-state index contributed by atoms with van der Waals surface area (Å²) in [6.07, 6.45) is 2.03. The molecule has 1 aliphatic heterocycles. The van der Waals surface area contributed by atoms with E-state index in [4.69, 9.17) is 5.11 Å². The van der Waals surface area contributed by atoms with E-state index in [0.717, 1.165) is 21.0 Å². The Bertz CT molecular complexity index is 1330. The number of aromatic nitrogens is 3. The molecule has 9 nitrogen and oxygen atoms in total. The van der Waals surface area contributed by atoms with Gasteiger partial charge in [0.05, 0.1) is 10.4 Å². The minimum atomic E-state index is -4.03. The van der Waals surface area contributed by atoms with Gasteiger partial charge in [-0.1, -0.05) is 0 Å². The summed E-state index contributed by atoms with van der Waals surface area (Å²) in [5, 5.41) is 9.13. The van der Waals surface area contributed by atoms with Crippen molar-refractivity contribution in [2.75, 3.05) is 13.1 Å². The third-order valence-corrected chi connectivity index (χ3v) is 7.23. The molecule has 0 atom stereocenters. The van der Waals surface area contributed by atoms with Crippen molar-refractivity contribution in [3.63, 3.8) is 0 Å². The highest BCUT2D eigenvalue weighted by molar-refractivity contribution is 7.89. The van der Waals surface area contributed by atoms with E-state index in [-0.39, 0.29) is 30.8 Å². The van der Waals surface area contributed by atoms with E-state index in [1.165, 1.54) is 10.8 Å². The molecule has 1 fully saturated rings. The number of piperidine rings is 1. The maximum absolute atomic E-state index is 13.5. The zero-order valence-corrected chi connectivity index (χ0v) is 16.9. The number of carboxylic acids is 1. The molecule has 0 saturated carbocycles. The van der Waals surface area contributed by atoms with Gasteiger partial charge >= 0.3 is 11.7 Å². The van der Waals surface area contributed by atoms with Crippen LogP contribution in [0.4, 0.5) is 8.78 Å². The lowest BCUT2D eigenvalue weighted by atomic mass is 10.1. The third-order valence-electron chi connectivity index (χ3n) is 5.33. The zero-order chi connectivity index (χ0) is 22.3. The molecule has 0 aliphatic carbocycles. The number of fused-ring (bicyclic) bond motifs is 1. The summed E-state index contributed by atoms with van der Waals surface area (Å²) in [5.74, 6) is -3.56. The Balaban J connectivity index is 1.61. The molecule has 1 aromatic carbocycles. The fraction of sp³-hybridized carbons (Fsp3) is 0.316. The molecule has 3 aromatic rings. The van der Waals surface area contributed by atoms with Crippen molar-refractivity contribution in [1.82, 2.24) is 18.4 Å². The second-order valence-corrected chi connectivity index (χ2v) is 9.13. The Kier molecular flexibility index (Phi) is 5.35. The number of imidazole rings is 1. The van der Waals surface area contributed by atoms with E-state index < -0.39 is 45.9 Å². The van der Waals surface area contributed by atoms with E-state index in [1.54, 1.807) is 12.1 Å². The molecule has 0 bridgehead atoms. The molecule has 1 N–H and O–H groups in total. The Morgan fingerprint density at radius 3 is 2.52 bits per heavy atom. The highest BCUT2D eigenvalue weighted by Gasteiger charge is 2.32. The predicted octanol–water partition coefficient (Wildman–Crippen LogP) is 1.59. The van der Waals surface area contributed by atoms with Crippen LogP contribution < -0.4 is 5.69 Å². The first-order valence-corrected chi connectivity index (χ1v) is 10.9. The maximum atomic E-state index is 13.5. The lowest BCUT2D eigenvalue weighted by Gasteiger charge is -2.31. The third kappa shape index (κ3) is 3.72. The first-order valence-electron chi connectivity index (χ1n) is 9.43. The van der Waals surface area contributed by atoms with Gasteiger partial charge in [-0.3, -0.25) is 13.9 Å². The van der Waals surface area contributed by atoms with Gasteiger partial charge in [-0.05, 0) is 43.2 Å². The highest BCUT2D eigenvalue weighted by Crippen LogP contribution is 2.28. The topological polar surface area (TPSA) is 114 Å². The van der Waals surface area contributed by atoms with E-state index in [2.05, 4.69) is 4.98 Å². The number of carbonyl (C=O) groups is 1. The highest BCUT2D eigenvalue weighted by atomic mass is 32.2. The lowest BCUT2D eigenvalue weighted by molar-refractivity contribution is -0.137.